The summed E-state index contributed by atoms with van der Waals surface area (Å²) in [6, 6.07) is 14.9. The number of carbonyl (C=O) groups is 2. The zero-order chi connectivity index (χ0) is 19.7. The summed E-state index contributed by atoms with van der Waals surface area (Å²) in [7, 11) is -3.67. The Morgan fingerprint density at radius 2 is 1.44 bits per heavy atom. The van der Waals surface area contributed by atoms with Crippen molar-refractivity contribution in [3.8, 4) is 0 Å². The van der Waals surface area contributed by atoms with Crippen LogP contribution in [0, 0.1) is 0 Å². The number of benzene rings is 2. The number of hydrogen-bond donors (Lipinski definition) is 4. The van der Waals surface area contributed by atoms with Crippen LogP contribution in [0.1, 0.15) is 13.3 Å². The van der Waals surface area contributed by atoms with Crippen molar-refractivity contribution in [1.29, 1.82) is 0 Å². The second-order valence-electron chi connectivity index (χ2n) is 5.73. The van der Waals surface area contributed by atoms with Crippen molar-refractivity contribution in [3.05, 3.63) is 54.6 Å². The van der Waals surface area contributed by atoms with Gasteiger partial charge >= 0.3 is 6.03 Å². The van der Waals surface area contributed by atoms with E-state index in [9.17, 15) is 18.0 Å². The molecule has 0 aliphatic rings. The van der Waals surface area contributed by atoms with E-state index in [0.717, 1.165) is 0 Å². The van der Waals surface area contributed by atoms with Crippen LogP contribution in [0.15, 0.2) is 54.6 Å². The Bertz CT molecular complexity index is 885. The molecule has 2 aromatic carbocycles. The van der Waals surface area contributed by atoms with Gasteiger partial charge in [0.2, 0.25) is 15.9 Å². The summed E-state index contributed by atoms with van der Waals surface area (Å²) in [5, 5.41) is 7.83. The van der Waals surface area contributed by atoms with Gasteiger partial charge in [0.05, 0.1) is 0 Å². The van der Waals surface area contributed by atoms with Crippen molar-refractivity contribution >= 4 is 39.0 Å². The Morgan fingerprint density at radius 1 is 0.852 bits per heavy atom. The molecule has 0 spiro atoms. The molecule has 0 unspecified atom stereocenters. The topological polar surface area (TPSA) is 116 Å². The van der Waals surface area contributed by atoms with E-state index in [1.165, 1.54) is 6.07 Å². The monoisotopic (exact) mass is 390 g/mol. The normalized spacial score (nSPS) is 10.9. The van der Waals surface area contributed by atoms with Crippen LogP contribution in [-0.4, -0.2) is 32.7 Å². The van der Waals surface area contributed by atoms with Crippen molar-refractivity contribution in [1.82, 2.24) is 4.72 Å². The molecule has 0 radical (unpaired) electrons. The fourth-order valence-corrected chi connectivity index (χ4v) is 3.20. The molecule has 4 N–H and O–H groups in total. The van der Waals surface area contributed by atoms with Gasteiger partial charge in [-0.2, -0.15) is 0 Å². The fourth-order valence-electron chi connectivity index (χ4n) is 2.17. The quantitative estimate of drug-likeness (QED) is 0.554. The van der Waals surface area contributed by atoms with E-state index >= 15 is 0 Å². The summed E-state index contributed by atoms with van der Waals surface area (Å²) in [6.45, 7) is 2.11. The molecule has 0 aliphatic heterocycles. The van der Waals surface area contributed by atoms with Gasteiger partial charge in [0.15, 0.2) is 0 Å². The molecule has 0 aliphatic carbocycles. The first-order valence-corrected chi connectivity index (χ1v) is 10.0. The van der Waals surface area contributed by atoms with Crippen LogP contribution in [0.3, 0.4) is 0 Å². The van der Waals surface area contributed by atoms with Gasteiger partial charge in [0.1, 0.15) is 5.75 Å². The van der Waals surface area contributed by atoms with Gasteiger partial charge in [-0.3, -0.25) is 4.79 Å². The first-order valence-electron chi connectivity index (χ1n) is 8.38. The standard InChI is InChI=1S/C18H22N4O4S/c1-2-11-19-27(25,26)13-17(23)20-15-9-6-10-16(12-15)22-18(24)21-14-7-4-3-5-8-14/h3-10,12,19H,2,11,13H2,1H3,(H,20,23)(H2,21,22,24). The van der Waals surface area contributed by atoms with Crippen LogP contribution in [-0.2, 0) is 14.8 Å². The molecule has 8 nitrogen and oxygen atoms in total. The molecule has 144 valence electrons. The van der Waals surface area contributed by atoms with Crippen LogP contribution in [0.25, 0.3) is 0 Å². The fraction of sp³-hybridized carbons (Fsp3) is 0.222. The number of urea groups is 1. The molecule has 9 heteroatoms. The van der Waals surface area contributed by atoms with Crippen LogP contribution in [0.4, 0.5) is 21.9 Å². The molecule has 0 atom stereocenters. The molecule has 0 saturated heterocycles. The second kappa shape index (κ2) is 9.70. The number of nitrogens with one attached hydrogen (secondary N) is 4. The first kappa shape index (κ1) is 20.4. The lowest BCUT2D eigenvalue weighted by Gasteiger charge is -2.10. The third-order valence-corrected chi connectivity index (χ3v) is 4.62. The Balaban J connectivity index is 1.92. The third kappa shape index (κ3) is 7.47. The summed E-state index contributed by atoms with van der Waals surface area (Å²) in [5.41, 5.74) is 1.47. The number of anilines is 3. The molecule has 0 saturated carbocycles. The number of carbonyl (C=O) groups excluding carboxylic acids is 2. The van der Waals surface area contributed by atoms with Crippen LogP contribution in [0.5, 0.6) is 0 Å². The Morgan fingerprint density at radius 3 is 2.11 bits per heavy atom. The smallest absolute Gasteiger partial charge is 0.323 e. The number of hydrogen-bond acceptors (Lipinski definition) is 4. The van der Waals surface area contributed by atoms with E-state index < -0.39 is 27.7 Å². The van der Waals surface area contributed by atoms with E-state index in [-0.39, 0.29) is 6.54 Å². The van der Waals surface area contributed by atoms with Gasteiger partial charge in [-0.25, -0.2) is 17.9 Å². The van der Waals surface area contributed by atoms with Gasteiger partial charge in [-0.15, -0.1) is 0 Å². The molecule has 0 bridgehead atoms. The van der Waals surface area contributed by atoms with Gasteiger partial charge in [0, 0.05) is 23.6 Å². The lowest BCUT2D eigenvalue weighted by atomic mass is 10.2. The molecule has 3 amide bonds. The predicted octanol–water partition coefficient (Wildman–Crippen LogP) is 2.60. The molecule has 27 heavy (non-hydrogen) atoms. The minimum Gasteiger partial charge on any atom is -0.325 e. The first-order chi connectivity index (χ1) is 12.9. The molecular weight excluding hydrogens is 368 g/mol. The van der Waals surface area contributed by atoms with Crippen molar-refractivity contribution < 1.29 is 18.0 Å². The van der Waals surface area contributed by atoms with Gasteiger partial charge in [-0.1, -0.05) is 31.2 Å². The number of rotatable bonds is 8. The number of sulfonamides is 1. The Labute approximate surface area is 158 Å². The lowest BCUT2D eigenvalue weighted by Crippen LogP contribution is -2.33. The SMILES string of the molecule is CCCNS(=O)(=O)CC(=O)Nc1cccc(NC(=O)Nc2ccccc2)c1. The van der Waals surface area contributed by atoms with Crippen LogP contribution < -0.4 is 20.7 Å². The summed E-state index contributed by atoms with van der Waals surface area (Å²) in [5.74, 6) is -1.33. The molecule has 0 aromatic heterocycles. The average Bonchev–Trinajstić information content (AvgIpc) is 2.60. The highest BCUT2D eigenvalue weighted by Crippen LogP contribution is 2.16. The third-order valence-electron chi connectivity index (χ3n) is 3.33. The van der Waals surface area contributed by atoms with Crippen molar-refractivity contribution in [3.63, 3.8) is 0 Å². The van der Waals surface area contributed by atoms with E-state index in [1.807, 2.05) is 13.0 Å². The second-order valence-corrected chi connectivity index (χ2v) is 7.53. The summed E-state index contributed by atoms with van der Waals surface area (Å²) in [4.78, 5) is 23.9. The molecule has 0 heterocycles. The van der Waals surface area contributed by atoms with E-state index in [2.05, 4.69) is 20.7 Å². The molecule has 2 aromatic rings. The Kier molecular flexibility index (Phi) is 7.33. The van der Waals surface area contributed by atoms with E-state index in [4.69, 9.17) is 0 Å². The summed E-state index contributed by atoms with van der Waals surface area (Å²) >= 11 is 0. The number of amides is 3. The van der Waals surface area contributed by atoms with Crippen molar-refractivity contribution in [2.45, 2.75) is 13.3 Å². The van der Waals surface area contributed by atoms with Crippen molar-refractivity contribution in [2.24, 2.45) is 0 Å². The highest BCUT2D eigenvalue weighted by Gasteiger charge is 2.15. The minimum absolute atomic E-state index is 0.283. The maximum Gasteiger partial charge on any atom is 0.323 e. The minimum atomic E-state index is -3.67. The van der Waals surface area contributed by atoms with Gasteiger partial charge in [0.25, 0.3) is 0 Å². The highest BCUT2D eigenvalue weighted by molar-refractivity contribution is 7.90. The van der Waals surface area contributed by atoms with Crippen LogP contribution >= 0.6 is 0 Å². The molecule has 2 rings (SSSR count). The summed E-state index contributed by atoms with van der Waals surface area (Å²) < 4.78 is 25.8. The maximum absolute atomic E-state index is 12.0. The van der Waals surface area contributed by atoms with Gasteiger partial charge in [-0.05, 0) is 36.8 Å². The molecule has 0 fully saturated rings. The zero-order valence-corrected chi connectivity index (χ0v) is 15.7. The maximum atomic E-state index is 12.0. The summed E-state index contributed by atoms with van der Waals surface area (Å²) in [6.07, 6.45) is 0.639. The van der Waals surface area contributed by atoms with Gasteiger partial charge < -0.3 is 16.0 Å². The Hall–Kier alpha value is -2.91. The predicted molar refractivity (Wildman–Crippen MR) is 106 cm³/mol. The van der Waals surface area contributed by atoms with Crippen molar-refractivity contribution in [2.75, 3.05) is 28.2 Å². The highest BCUT2D eigenvalue weighted by atomic mass is 32.2. The van der Waals surface area contributed by atoms with E-state index in [1.54, 1.807) is 42.5 Å². The number of para-hydroxylation sites is 1. The lowest BCUT2D eigenvalue weighted by molar-refractivity contribution is -0.113. The van der Waals surface area contributed by atoms with E-state index in [0.29, 0.717) is 23.5 Å². The van der Waals surface area contributed by atoms with Crippen LogP contribution in [0.2, 0.25) is 0 Å². The molecular formula is C18H22N4O4S. The average molecular weight is 390 g/mol. The zero-order valence-electron chi connectivity index (χ0n) is 14.9. The largest absolute Gasteiger partial charge is 0.325 e.